The summed E-state index contributed by atoms with van der Waals surface area (Å²) in [5.74, 6) is -1.46. The second-order valence-electron chi connectivity index (χ2n) is 3.95. The van der Waals surface area contributed by atoms with Gasteiger partial charge in [-0.2, -0.15) is 0 Å². The molecule has 20 heavy (non-hydrogen) atoms. The summed E-state index contributed by atoms with van der Waals surface area (Å²) in [7, 11) is -4.12. The maximum Gasteiger partial charge on any atom is 0.262 e. The zero-order chi connectivity index (χ0) is 14.9. The Morgan fingerprint density at radius 3 is 2.40 bits per heavy atom. The van der Waals surface area contributed by atoms with Crippen LogP contribution in [0.2, 0.25) is 5.02 Å². The van der Waals surface area contributed by atoms with Crippen molar-refractivity contribution < 1.29 is 17.2 Å². The van der Waals surface area contributed by atoms with Gasteiger partial charge in [-0.25, -0.2) is 17.2 Å². The average molecular weight is 319 g/mol. The topological polar surface area (TPSA) is 72.2 Å². The third kappa shape index (κ3) is 3.17. The molecule has 0 bridgehead atoms. The van der Waals surface area contributed by atoms with Gasteiger partial charge in [0, 0.05) is 5.69 Å². The highest BCUT2D eigenvalue weighted by Crippen LogP contribution is 2.26. The molecular formula is C12H9ClF2N2O2S. The number of nitrogen functional groups attached to an aromatic ring is 1. The van der Waals surface area contributed by atoms with Crippen molar-refractivity contribution in [1.29, 1.82) is 0 Å². The highest BCUT2D eigenvalue weighted by atomic mass is 35.5. The number of rotatable bonds is 3. The molecule has 3 N–H and O–H groups in total. The van der Waals surface area contributed by atoms with Crippen molar-refractivity contribution in [3.05, 3.63) is 53.1 Å². The van der Waals surface area contributed by atoms with Crippen LogP contribution in [-0.2, 0) is 10.0 Å². The van der Waals surface area contributed by atoms with E-state index in [0.717, 1.165) is 30.3 Å². The Hall–Kier alpha value is -1.86. The lowest BCUT2D eigenvalue weighted by Crippen LogP contribution is -2.14. The van der Waals surface area contributed by atoms with E-state index in [1.807, 2.05) is 0 Å². The molecule has 8 heteroatoms. The number of halogens is 3. The van der Waals surface area contributed by atoms with Crippen LogP contribution in [0.3, 0.4) is 0 Å². The van der Waals surface area contributed by atoms with Crippen molar-refractivity contribution in [2.75, 3.05) is 10.5 Å². The summed E-state index contributed by atoms with van der Waals surface area (Å²) in [6.45, 7) is 0. The third-order valence-corrected chi connectivity index (χ3v) is 4.05. The van der Waals surface area contributed by atoms with Gasteiger partial charge in [0.25, 0.3) is 10.0 Å². The van der Waals surface area contributed by atoms with Crippen LogP contribution >= 0.6 is 11.6 Å². The minimum Gasteiger partial charge on any atom is -0.399 e. The second kappa shape index (κ2) is 5.26. The number of sulfonamides is 1. The van der Waals surface area contributed by atoms with Gasteiger partial charge in [-0.05, 0) is 36.4 Å². The number of nitrogens with one attached hydrogen (secondary N) is 1. The fourth-order valence-corrected chi connectivity index (χ4v) is 2.87. The molecule has 2 rings (SSSR count). The monoisotopic (exact) mass is 318 g/mol. The predicted octanol–water partition coefficient (Wildman–Crippen LogP) is 3.00. The molecule has 0 aliphatic carbocycles. The van der Waals surface area contributed by atoms with E-state index in [0.29, 0.717) is 0 Å². The van der Waals surface area contributed by atoms with E-state index in [9.17, 15) is 17.2 Å². The average Bonchev–Trinajstić information content (AvgIpc) is 2.32. The normalized spacial score (nSPS) is 11.3. The van der Waals surface area contributed by atoms with Gasteiger partial charge in [0.15, 0.2) is 0 Å². The van der Waals surface area contributed by atoms with Crippen LogP contribution in [0.4, 0.5) is 20.2 Å². The summed E-state index contributed by atoms with van der Waals surface area (Å²) in [6, 6.07) is 6.07. The zero-order valence-corrected chi connectivity index (χ0v) is 11.5. The summed E-state index contributed by atoms with van der Waals surface area (Å²) in [4.78, 5) is -0.379. The molecule has 106 valence electrons. The van der Waals surface area contributed by atoms with Crippen molar-refractivity contribution >= 4 is 33.0 Å². The van der Waals surface area contributed by atoms with E-state index in [1.165, 1.54) is 6.07 Å². The van der Waals surface area contributed by atoms with Gasteiger partial charge < -0.3 is 5.73 Å². The van der Waals surface area contributed by atoms with Crippen LogP contribution in [0.1, 0.15) is 0 Å². The molecule has 0 aromatic heterocycles. The molecule has 4 nitrogen and oxygen atoms in total. The summed E-state index contributed by atoms with van der Waals surface area (Å²) in [6.07, 6.45) is 0. The first-order valence-corrected chi connectivity index (χ1v) is 7.18. The van der Waals surface area contributed by atoms with E-state index in [4.69, 9.17) is 17.3 Å². The Kier molecular flexibility index (Phi) is 3.82. The molecule has 0 spiro atoms. The molecule has 0 aliphatic rings. The summed E-state index contributed by atoms with van der Waals surface area (Å²) in [5.41, 5.74) is 5.20. The minimum atomic E-state index is -4.12. The minimum absolute atomic E-state index is 0.0133. The first-order valence-electron chi connectivity index (χ1n) is 5.32. The molecule has 2 aromatic carbocycles. The predicted molar refractivity (Wildman–Crippen MR) is 73.0 cm³/mol. The van der Waals surface area contributed by atoms with Gasteiger partial charge in [0.2, 0.25) is 0 Å². The van der Waals surface area contributed by atoms with E-state index >= 15 is 0 Å². The number of nitrogens with two attached hydrogens (primary N) is 1. The highest BCUT2D eigenvalue weighted by Gasteiger charge is 2.17. The van der Waals surface area contributed by atoms with Gasteiger partial charge in [0.05, 0.1) is 15.6 Å². The quantitative estimate of drug-likeness (QED) is 0.854. The maximum absolute atomic E-state index is 13.2. The molecule has 0 unspecified atom stereocenters. The molecule has 0 fully saturated rings. The van der Waals surface area contributed by atoms with Crippen LogP contribution in [0, 0.1) is 11.6 Å². The SMILES string of the molecule is Nc1cc(F)cc(S(=O)(=O)Nc2cc(F)ccc2Cl)c1. The molecule has 0 atom stereocenters. The third-order valence-electron chi connectivity index (χ3n) is 2.38. The van der Waals surface area contributed by atoms with Crippen LogP contribution in [0.25, 0.3) is 0 Å². The first-order chi connectivity index (χ1) is 9.28. The Morgan fingerprint density at radius 1 is 1.05 bits per heavy atom. The molecule has 0 heterocycles. The lowest BCUT2D eigenvalue weighted by Gasteiger charge is -2.10. The summed E-state index contributed by atoms with van der Waals surface area (Å²) >= 11 is 5.76. The largest absolute Gasteiger partial charge is 0.399 e. The van der Waals surface area contributed by atoms with Crippen molar-refractivity contribution in [3.8, 4) is 0 Å². The number of hydrogen-bond acceptors (Lipinski definition) is 3. The van der Waals surface area contributed by atoms with Crippen LogP contribution in [0.5, 0.6) is 0 Å². The van der Waals surface area contributed by atoms with Crippen LogP contribution in [-0.4, -0.2) is 8.42 Å². The molecular weight excluding hydrogens is 310 g/mol. The van der Waals surface area contributed by atoms with Gasteiger partial charge >= 0.3 is 0 Å². The van der Waals surface area contributed by atoms with Crippen molar-refractivity contribution in [2.24, 2.45) is 0 Å². The molecule has 0 saturated carbocycles. The van der Waals surface area contributed by atoms with Gasteiger partial charge in [-0.1, -0.05) is 11.6 Å². The summed E-state index contributed by atoms with van der Waals surface area (Å²) in [5, 5.41) is 0.0133. The van der Waals surface area contributed by atoms with Crippen molar-refractivity contribution in [3.63, 3.8) is 0 Å². The first kappa shape index (κ1) is 14.5. The second-order valence-corrected chi connectivity index (χ2v) is 6.04. The summed E-state index contributed by atoms with van der Waals surface area (Å²) < 4.78 is 52.4. The van der Waals surface area contributed by atoms with E-state index < -0.39 is 21.7 Å². The Bertz CT molecular complexity index is 746. The lowest BCUT2D eigenvalue weighted by molar-refractivity contribution is 0.595. The number of benzene rings is 2. The fourth-order valence-electron chi connectivity index (χ4n) is 1.52. The van der Waals surface area contributed by atoms with Crippen LogP contribution < -0.4 is 10.5 Å². The van der Waals surface area contributed by atoms with E-state index in [2.05, 4.69) is 4.72 Å². The number of hydrogen-bond donors (Lipinski definition) is 2. The number of anilines is 2. The van der Waals surface area contributed by atoms with Crippen molar-refractivity contribution in [2.45, 2.75) is 4.90 Å². The molecule has 0 aliphatic heterocycles. The lowest BCUT2D eigenvalue weighted by atomic mass is 10.3. The molecule has 0 radical (unpaired) electrons. The van der Waals surface area contributed by atoms with E-state index in [-0.39, 0.29) is 21.3 Å². The van der Waals surface area contributed by atoms with Gasteiger partial charge in [-0.15, -0.1) is 0 Å². The zero-order valence-electron chi connectivity index (χ0n) is 9.90. The Balaban J connectivity index is 2.43. The fraction of sp³-hybridized carbons (Fsp3) is 0. The van der Waals surface area contributed by atoms with Crippen LogP contribution in [0.15, 0.2) is 41.3 Å². The smallest absolute Gasteiger partial charge is 0.262 e. The Labute approximate surface area is 119 Å². The molecule has 0 saturated heterocycles. The van der Waals surface area contributed by atoms with Gasteiger partial charge in [0.1, 0.15) is 11.6 Å². The highest BCUT2D eigenvalue weighted by molar-refractivity contribution is 7.92. The standard InChI is InChI=1S/C12H9ClF2N2O2S/c13-11-2-1-7(14)5-12(11)17-20(18,19)10-4-8(15)3-9(16)6-10/h1-6,17H,16H2. The molecule has 2 aromatic rings. The molecule has 0 amide bonds. The Morgan fingerprint density at radius 2 is 1.75 bits per heavy atom. The maximum atomic E-state index is 13.2. The van der Waals surface area contributed by atoms with Crippen molar-refractivity contribution in [1.82, 2.24) is 0 Å². The van der Waals surface area contributed by atoms with Gasteiger partial charge in [-0.3, -0.25) is 4.72 Å². The van der Waals surface area contributed by atoms with E-state index in [1.54, 1.807) is 0 Å².